The van der Waals surface area contributed by atoms with Gasteiger partial charge in [0, 0.05) is 6.04 Å². The van der Waals surface area contributed by atoms with Crippen molar-refractivity contribution in [2.75, 3.05) is 6.54 Å². The second kappa shape index (κ2) is 3.57. The maximum Gasteiger partial charge on any atom is 0.00671 e. The molecule has 0 spiro atoms. The van der Waals surface area contributed by atoms with Gasteiger partial charge in [-0.05, 0) is 37.6 Å². The zero-order valence-corrected chi connectivity index (χ0v) is 8.22. The van der Waals surface area contributed by atoms with E-state index in [1.807, 2.05) is 0 Å². The first-order valence-corrected chi connectivity index (χ1v) is 4.86. The molecule has 1 saturated heterocycles. The van der Waals surface area contributed by atoms with Gasteiger partial charge in [0.25, 0.3) is 0 Å². The summed E-state index contributed by atoms with van der Waals surface area (Å²) >= 11 is 0. The molecule has 0 radical (unpaired) electrons. The molecule has 0 aromatic carbocycles. The van der Waals surface area contributed by atoms with E-state index in [0.717, 1.165) is 23.8 Å². The van der Waals surface area contributed by atoms with Crippen molar-refractivity contribution in [3.8, 4) is 0 Å². The van der Waals surface area contributed by atoms with Crippen LogP contribution < -0.4 is 5.32 Å². The topological polar surface area (TPSA) is 12.0 Å². The van der Waals surface area contributed by atoms with Crippen LogP contribution in [0, 0.1) is 17.8 Å². The van der Waals surface area contributed by atoms with E-state index in [-0.39, 0.29) is 0 Å². The Kier molecular flexibility index (Phi) is 2.94. The van der Waals surface area contributed by atoms with Gasteiger partial charge in [0.2, 0.25) is 0 Å². The van der Waals surface area contributed by atoms with Crippen LogP contribution in [0.2, 0.25) is 0 Å². The molecule has 3 unspecified atom stereocenters. The summed E-state index contributed by atoms with van der Waals surface area (Å²) in [5.41, 5.74) is 0. The van der Waals surface area contributed by atoms with Gasteiger partial charge >= 0.3 is 0 Å². The first kappa shape index (κ1) is 9.05. The fourth-order valence-corrected chi connectivity index (χ4v) is 2.24. The van der Waals surface area contributed by atoms with Gasteiger partial charge in [0.15, 0.2) is 0 Å². The van der Waals surface area contributed by atoms with Crippen molar-refractivity contribution in [2.45, 2.75) is 40.2 Å². The van der Waals surface area contributed by atoms with Gasteiger partial charge in [-0.2, -0.15) is 0 Å². The minimum Gasteiger partial charge on any atom is -0.314 e. The maximum absolute atomic E-state index is 3.52. The first-order valence-electron chi connectivity index (χ1n) is 4.86. The van der Waals surface area contributed by atoms with E-state index < -0.39 is 0 Å². The number of hydrogen-bond acceptors (Lipinski definition) is 1. The van der Waals surface area contributed by atoms with Gasteiger partial charge in [-0.3, -0.25) is 0 Å². The summed E-state index contributed by atoms with van der Waals surface area (Å²) in [6.07, 6.45) is 1.36. The standard InChI is InChI=1S/C10H21N/c1-7(2)10-5-6-11-9(4)8(10)3/h7-11H,5-6H2,1-4H3. The molecule has 1 fully saturated rings. The fraction of sp³-hybridized carbons (Fsp3) is 1.00. The van der Waals surface area contributed by atoms with Gasteiger partial charge in [0.05, 0.1) is 0 Å². The summed E-state index contributed by atoms with van der Waals surface area (Å²) < 4.78 is 0. The van der Waals surface area contributed by atoms with E-state index >= 15 is 0 Å². The van der Waals surface area contributed by atoms with E-state index in [1.165, 1.54) is 13.0 Å². The lowest BCUT2D eigenvalue weighted by atomic mass is 9.76. The highest BCUT2D eigenvalue weighted by atomic mass is 14.9. The molecule has 0 saturated carbocycles. The van der Waals surface area contributed by atoms with E-state index in [2.05, 4.69) is 33.0 Å². The molecule has 66 valence electrons. The summed E-state index contributed by atoms with van der Waals surface area (Å²) in [5.74, 6) is 2.64. The van der Waals surface area contributed by atoms with Crippen LogP contribution in [0.5, 0.6) is 0 Å². The minimum atomic E-state index is 0.719. The fourth-order valence-electron chi connectivity index (χ4n) is 2.24. The molecule has 0 aromatic heterocycles. The smallest absolute Gasteiger partial charge is 0.00671 e. The largest absolute Gasteiger partial charge is 0.314 e. The monoisotopic (exact) mass is 155 g/mol. The molecule has 0 bridgehead atoms. The molecule has 0 aliphatic carbocycles. The minimum absolute atomic E-state index is 0.719. The maximum atomic E-state index is 3.52. The van der Waals surface area contributed by atoms with Crippen LogP contribution in [-0.2, 0) is 0 Å². The molecule has 11 heavy (non-hydrogen) atoms. The first-order chi connectivity index (χ1) is 5.13. The molecule has 1 N–H and O–H groups in total. The van der Waals surface area contributed by atoms with E-state index in [4.69, 9.17) is 0 Å². The van der Waals surface area contributed by atoms with Crippen LogP contribution in [0.3, 0.4) is 0 Å². The third kappa shape index (κ3) is 1.96. The quantitative estimate of drug-likeness (QED) is 0.612. The normalized spacial score (nSPS) is 39.5. The van der Waals surface area contributed by atoms with Crippen molar-refractivity contribution in [3.63, 3.8) is 0 Å². The Morgan fingerprint density at radius 1 is 1.27 bits per heavy atom. The molecule has 1 aliphatic rings. The van der Waals surface area contributed by atoms with Crippen LogP contribution in [0.25, 0.3) is 0 Å². The van der Waals surface area contributed by atoms with Crippen LogP contribution in [0.1, 0.15) is 34.1 Å². The molecule has 3 atom stereocenters. The Labute approximate surface area is 70.6 Å². The van der Waals surface area contributed by atoms with Crippen LogP contribution >= 0.6 is 0 Å². The van der Waals surface area contributed by atoms with Gasteiger partial charge in [-0.15, -0.1) is 0 Å². The molecule has 0 aromatic rings. The van der Waals surface area contributed by atoms with Crippen molar-refractivity contribution in [1.82, 2.24) is 5.32 Å². The molecule has 1 heteroatoms. The predicted octanol–water partition coefficient (Wildman–Crippen LogP) is 2.28. The Bertz CT molecular complexity index is 120. The van der Waals surface area contributed by atoms with Crippen molar-refractivity contribution in [3.05, 3.63) is 0 Å². The predicted molar refractivity (Wildman–Crippen MR) is 49.6 cm³/mol. The van der Waals surface area contributed by atoms with Gasteiger partial charge in [-0.25, -0.2) is 0 Å². The van der Waals surface area contributed by atoms with Crippen LogP contribution in [0.4, 0.5) is 0 Å². The third-order valence-corrected chi connectivity index (χ3v) is 3.26. The Morgan fingerprint density at radius 3 is 2.36 bits per heavy atom. The number of hydrogen-bond donors (Lipinski definition) is 1. The summed E-state index contributed by atoms with van der Waals surface area (Å²) in [6, 6.07) is 0.719. The highest BCUT2D eigenvalue weighted by Gasteiger charge is 2.28. The van der Waals surface area contributed by atoms with Crippen molar-refractivity contribution < 1.29 is 0 Å². The van der Waals surface area contributed by atoms with Gasteiger partial charge < -0.3 is 5.32 Å². The average molecular weight is 155 g/mol. The zero-order valence-electron chi connectivity index (χ0n) is 8.22. The average Bonchev–Trinajstić information content (AvgIpc) is 1.94. The summed E-state index contributed by atoms with van der Waals surface area (Å²) in [6.45, 7) is 10.6. The van der Waals surface area contributed by atoms with Crippen molar-refractivity contribution in [2.24, 2.45) is 17.8 Å². The lowest BCUT2D eigenvalue weighted by Crippen LogP contribution is -2.44. The number of piperidine rings is 1. The van der Waals surface area contributed by atoms with E-state index in [1.54, 1.807) is 0 Å². The van der Waals surface area contributed by atoms with Crippen LogP contribution in [0.15, 0.2) is 0 Å². The zero-order chi connectivity index (χ0) is 8.43. The van der Waals surface area contributed by atoms with Gasteiger partial charge in [-0.1, -0.05) is 20.8 Å². The van der Waals surface area contributed by atoms with Crippen LogP contribution in [-0.4, -0.2) is 12.6 Å². The molecule has 1 rings (SSSR count). The summed E-state index contributed by atoms with van der Waals surface area (Å²) in [7, 11) is 0. The second-order valence-electron chi connectivity index (χ2n) is 4.30. The Hall–Kier alpha value is -0.0400. The lowest BCUT2D eigenvalue weighted by Gasteiger charge is -2.37. The highest BCUT2D eigenvalue weighted by molar-refractivity contribution is 4.82. The number of rotatable bonds is 1. The van der Waals surface area contributed by atoms with Gasteiger partial charge in [0.1, 0.15) is 0 Å². The lowest BCUT2D eigenvalue weighted by molar-refractivity contribution is 0.167. The van der Waals surface area contributed by atoms with Crippen molar-refractivity contribution >= 4 is 0 Å². The molecular formula is C10H21N. The third-order valence-electron chi connectivity index (χ3n) is 3.26. The molecular weight excluding hydrogens is 134 g/mol. The molecule has 1 aliphatic heterocycles. The number of nitrogens with one attached hydrogen (secondary N) is 1. The molecule has 0 amide bonds. The van der Waals surface area contributed by atoms with E-state index in [0.29, 0.717) is 0 Å². The second-order valence-corrected chi connectivity index (χ2v) is 4.30. The van der Waals surface area contributed by atoms with Crippen molar-refractivity contribution in [1.29, 1.82) is 0 Å². The molecule has 1 heterocycles. The van der Waals surface area contributed by atoms with E-state index in [9.17, 15) is 0 Å². The Morgan fingerprint density at radius 2 is 1.91 bits per heavy atom. The Balaban J connectivity index is 2.51. The SMILES string of the molecule is CC(C)C1CCNC(C)C1C. The summed E-state index contributed by atoms with van der Waals surface area (Å²) in [4.78, 5) is 0. The highest BCUT2D eigenvalue weighted by Crippen LogP contribution is 2.29. The molecule has 1 nitrogen and oxygen atoms in total. The summed E-state index contributed by atoms with van der Waals surface area (Å²) in [5, 5.41) is 3.52.